The Morgan fingerprint density at radius 2 is 2.00 bits per heavy atom. The molecular weight excluding hydrogens is 226 g/mol. The lowest BCUT2D eigenvalue weighted by Crippen LogP contribution is -2.21. The van der Waals surface area contributed by atoms with Crippen molar-refractivity contribution in [3.63, 3.8) is 0 Å². The number of fused-ring (bicyclic) bond motifs is 3. The van der Waals surface area contributed by atoms with Crippen LogP contribution >= 0.6 is 0 Å². The summed E-state index contributed by atoms with van der Waals surface area (Å²) in [6.45, 7) is 2.48. The highest BCUT2D eigenvalue weighted by Gasteiger charge is 2.12. The Bertz CT molecular complexity index is 728. The van der Waals surface area contributed by atoms with Gasteiger partial charge in [0.05, 0.1) is 0 Å². The molecule has 3 heteroatoms. The quantitative estimate of drug-likeness (QED) is 0.745. The summed E-state index contributed by atoms with van der Waals surface area (Å²) in [5, 5.41) is 5.97. The second kappa shape index (κ2) is 4.18. The van der Waals surface area contributed by atoms with E-state index in [1.54, 1.807) is 0 Å². The number of nitrogens with one attached hydrogen (secondary N) is 1. The van der Waals surface area contributed by atoms with E-state index < -0.39 is 0 Å². The van der Waals surface area contributed by atoms with Gasteiger partial charge < -0.3 is 9.73 Å². The van der Waals surface area contributed by atoms with Crippen LogP contribution in [0, 0.1) is 0 Å². The van der Waals surface area contributed by atoms with E-state index in [1.807, 2.05) is 49.4 Å². The van der Waals surface area contributed by atoms with Crippen molar-refractivity contribution in [3.8, 4) is 0 Å². The Morgan fingerprint density at radius 1 is 1.17 bits per heavy atom. The van der Waals surface area contributed by atoms with E-state index in [4.69, 9.17) is 4.42 Å². The number of hydrogen-bond donors (Lipinski definition) is 1. The molecule has 90 valence electrons. The Morgan fingerprint density at radius 3 is 2.83 bits per heavy atom. The molecule has 0 aliphatic carbocycles. The minimum absolute atomic E-state index is 0.169. The Kier molecular flexibility index (Phi) is 2.52. The van der Waals surface area contributed by atoms with E-state index in [2.05, 4.69) is 5.32 Å². The maximum absolute atomic E-state index is 11.7. The van der Waals surface area contributed by atoms with Crippen molar-refractivity contribution in [2.45, 2.75) is 6.92 Å². The molecule has 0 atom stereocenters. The second-order valence-electron chi connectivity index (χ2n) is 4.17. The third kappa shape index (κ3) is 1.64. The summed E-state index contributed by atoms with van der Waals surface area (Å²) in [6.07, 6.45) is 0. The van der Waals surface area contributed by atoms with Gasteiger partial charge in [0.1, 0.15) is 5.58 Å². The van der Waals surface area contributed by atoms with Crippen LogP contribution in [0.1, 0.15) is 17.5 Å². The summed E-state index contributed by atoms with van der Waals surface area (Å²) >= 11 is 0. The SMILES string of the molecule is CCNC(=O)c1cc2c(ccc3ccccc32)o1. The van der Waals surface area contributed by atoms with Crippen molar-refractivity contribution in [1.29, 1.82) is 0 Å². The van der Waals surface area contributed by atoms with Crippen LogP contribution in [0.25, 0.3) is 21.7 Å². The molecular formula is C15H13NO2. The molecule has 18 heavy (non-hydrogen) atoms. The normalized spacial score (nSPS) is 10.9. The lowest BCUT2D eigenvalue weighted by molar-refractivity contribution is 0.0930. The molecule has 1 N–H and O–H groups in total. The van der Waals surface area contributed by atoms with Crippen molar-refractivity contribution in [2.24, 2.45) is 0 Å². The average Bonchev–Trinajstić information content (AvgIpc) is 2.83. The Hall–Kier alpha value is -2.29. The van der Waals surface area contributed by atoms with E-state index in [-0.39, 0.29) is 5.91 Å². The number of benzene rings is 2. The zero-order valence-electron chi connectivity index (χ0n) is 10.1. The van der Waals surface area contributed by atoms with Gasteiger partial charge in [0.15, 0.2) is 5.76 Å². The maximum atomic E-state index is 11.7. The summed E-state index contributed by atoms with van der Waals surface area (Å²) in [5.41, 5.74) is 0.745. The number of hydrogen-bond acceptors (Lipinski definition) is 2. The second-order valence-corrected chi connectivity index (χ2v) is 4.17. The monoisotopic (exact) mass is 239 g/mol. The summed E-state index contributed by atoms with van der Waals surface area (Å²) in [5.74, 6) is 0.195. The molecule has 0 bridgehead atoms. The average molecular weight is 239 g/mol. The molecule has 0 saturated carbocycles. The zero-order valence-corrected chi connectivity index (χ0v) is 10.1. The predicted molar refractivity (Wildman–Crippen MR) is 71.7 cm³/mol. The molecule has 2 aromatic carbocycles. The third-order valence-corrected chi connectivity index (χ3v) is 2.99. The molecule has 1 amide bonds. The number of rotatable bonds is 2. The van der Waals surface area contributed by atoms with Crippen molar-refractivity contribution in [1.82, 2.24) is 5.32 Å². The summed E-state index contributed by atoms with van der Waals surface area (Å²) in [7, 11) is 0. The van der Waals surface area contributed by atoms with Crippen LogP contribution in [0.5, 0.6) is 0 Å². The van der Waals surface area contributed by atoms with Crippen LogP contribution in [0.2, 0.25) is 0 Å². The van der Waals surface area contributed by atoms with E-state index in [0.29, 0.717) is 12.3 Å². The van der Waals surface area contributed by atoms with Crippen LogP contribution in [-0.4, -0.2) is 12.5 Å². The first-order valence-corrected chi connectivity index (χ1v) is 5.99. The predicted octanol–water partition coefficient (Wildman–Crippen LogP) is 3.34. The van der Waals surface area contributed by atoms with Gasteiger partial charge in [-0.2, -0.15) is 0 Å². The number of furan rings is 1. The smallest absolute Gasteiger partial charge is 0.287 e. The van der Waals surface area contributed by atoms with Gasteiger partial charge in [0.25, 0.3) is 5.91 Å². The molecule has 1 heterocycles. The number of carbonyl (C=O) groups excluding carboxylic acids is 1. The van der Waals surface area contributed by atoms with E-state index in [0.717, 1.165) is 21.7 Å². The van der Waals surface area contributed by atoms with Gasteiger partial charge in [-0.05, 0) is 29.8 Å². The molecule has 0 saturated heterocycles. The van der Waals surface area contributed by atoms with Crippen molar-refractivity contribution in [3.05, 3.63) is 48.2 Å². The Labute approximate surface area is 104 Å². The minimum Gasteiger partial charge on any atom is -0.451 e. The minimum atomic E-state index is -0.169. The van der Waals surface area contributed by atoms with Gasteiger partial charge in [-0.1, -0.05) is 30.3 Å². The molecule has 3 rings (SSSR count). The van der Waals surface area contributed by atoms with E-state index in [9.17, 15) is 4.79 Å². The maximum Gasteiger partial charge on any atom is 0.287 e. The van der Waals surface area contributed by atoms with Gasteiger partial charge in [0.2, 0.25) is 0 Å². The Balaban J connectivity index is 2.22. The van der Waals surface area contributed by atoms with E-state index >= 15 is 0 Å². The fourth-order valence-corrected chi connectivity index (χ4v) is 2.15. The fraction of sp³-hybridized carbons (Fsp3) is 0.133. The lowest BCUT2D eigenvalue weighted by Gasteiger charge is -1.96. The van der Waals surface area contributed by atoms with Crippen molar-refractivity contribution < 1.29 is 9.21 Å². The van der Waals surface area contributed by atoms with Crippen LogP contribution in [0.4, 0.5) is 0 Å². The molecule has 3 nitrogen and oxygen atoms in total. The number of carbonyl (C=O) groups is 1. The van der Waals surface area contributed by atoms with Gasteiger partial charge in [-0.25, -0.2) is 0 Å². The first kappa shape index (κ1) is 10.8. The first-order valence-electron chi connectivity index (χ1n) is 5.99. The summed E-state index contributed by atoms with van der Waals surface area (Å²) < 4.78 is 5.58. The fourth-order valence-electron chi connectivity index (χ4n) is 2.15. The molecule has 0 radical (unpaired) electrons. The van der Waals surface area contributed by atoms with Gasteiger partial charge in [-0.15, -0.1) is 0 Å². The van der Waals surface area contributed by atoms with E-state index in [1.165, 1.54) is 0 Å². The first-order chi connectivity index (χ1) is 8.79. The number of amides is 1. The van der Waals surface area contributed by atoms with Crippen LogP contribution < -0.4 is 5.32 Å². The zero-order chi connectivity index (χ0) is 12.5. The molecule has 1 aromatic heterocycles. The standard InChI is InChI=1S/C15H13NO2/c1-2-16-15(17)14-9-12-11-6-4-3-5-10(11)7-8-13(12)18-14/h3-9H,2H2,1H3,(H,16,17). The van der Waals surface area contributed by atoms with Crippen molar-refractivity contribution in [2.75, 3.05) is 6.54 Å². The molecule has 0 fully saturated rings. The van der Waals surface area contributed by atoms with Gasteiger partial charge in [0, 0.05) is 11.9 Å². The topological polar surface area (TPSA) is 42.2 Å². The molecule has 0 aliphatic rings. The van der Waals surface area contributed by atoms with Crippen LogP contribution in [0.3, 0.4) is 0 Å². The van der Waals surface area contributed by atoms with Gasteiger partial charge >= 0.3 is 0 Å². The molecule has 0 unspecified atom stereocenters. The van der Waals surface area contributed by atoms with Crippen LogP contribution in [0.15, 0.2) is 46.9 Å². The van der Waals surface area contributed by atoms with Gasteiger partial charge in [-0.3, -0.25) is 4.79 Å². The molecule has 3 aromatic rings. The van der Waals surface area contributed by atoms with Crippen molar-refractivity contribution >= 4 is 27.6 Å². The summed E-state index contributed by atoms with van der Waals surface area (Å²) in [6, 6.07) is 13.8. The molecule has 0 aliphatic heterocycles. The summed E-state index contributed by atoms with van der Waals surface area (Å²) in [4.78, 5) is 11.7. The lowest BCUT2D eigenvalue weighted by atomic mass is 10.1. The highest BCUT2D eigenvalue weighted by atomic mass is 16.3. The third-order valence-electron chi connectivity index (χ3n) is 2.99. The highest BCUT2D eigenvalue weighted by molar-refractivity contribution is 6.08. The molecule has 0 spiro atoms. The highest BCUT2D eigenvalue weighted by Crippen LogP contribution is 2.27. The van der Waals surface area contributed by atoms with Crippen LogP contribution in [-0.2, 0) is 0 Å². The largest absolute Gasteiger partial charge is 0.451 e.